The van der Waals surface area contributed by atoms with Crippen LogP contribution in [0.15, 0.2) is 43.0 Å². The highest BCUT2D eigenvalue weighted by Crippen LogP contribution is 2.11. The van der Waals surface area contributed by atoms with Gasteiger partial charge in [0.2, 0.25) is 0 Å². The standard InChI is InChI=1S/C14H19N3/c1-3-16(4-2)11-13-5-7-14(8-6-13)17-10-9-15-12-17/h5-10,12H,3-4,11H2,1-2H3. The Balaban J connectivity index is 2.08. The minimum Gasteiger partial charge on any atom is -0.306 e. The highest BCUT2D eigenvalue weighted by Gasteiger charge is 2.01. The molecule has 2 rings (SSSR count). The fourth-order valence-electron chi connectivity index (χ4n) is 1.89. The van der Waals surface area contributed by atoms with Gasteiger partial charge in [0.15, 0.2) is 0 Å². The van der Waals surface area contributed by atoms with Gasteiger partial charge in [-0.2, -0.15) is 0 Å². The molecule has 17 heavy (non-hydrogen) atoms. The van der Waals surface area contributed by atoms with E-state index >= 15 is 0 Å². The summed E-state index contributed by atoms with van der Waals surface area (Å²) in [5.41, 5.74) is 2.52. The second-order valence-corrected chi connectivity index (χ2v) is 4.10. The Labute approximate surface area is 103 Å². The van der Waals surface area contributed by atoms with Crippen LogP contribution < -0.4 is 0 Å². The summed E-state index contributed by atoms with van der Waals surface area (Å²) < 4.78 is 2.02. The molecule has 0 aliphatic carbocycles. The summed E-state index contributed by atoms with van der Waals surface area (Å²) in [7, 11) is 0. The van der Waals surface area contributed by atoms with Crippen LogP contribution in [-0.4, -0.2) is 27.5 Å². The second-order valence-electron chi connectivity index (χ2n) is 4.10. The Morgan fingerprint density at radius 3 is 2.35 bits per heavy atom. The highest BCUT2D eigenvalue weighted by molar-refractivity contribution is 5.34. The van der Waals surface area contributed by atoms with Crippen molar-refractivity contribution in [1.82, 2.24) is 14.5 Å². The molecule has 0 saturated carbocycles. The molecule has 0 bridgehead atoms. The molecule has 0 amide bonds. The lowest BCUT2D eigenvalue weighted by molar-refractivity contribution is 0.296. The molecule has 0 radical (unpaired) electrons. The maximum absolute atomic E-state index is 4.05. The zero-order valence-corrected chi connectivity index (χ0v) is 10.5. The molecule has 0 saturated heterocycles. The van der Waals surface area contributed by atoms with Crippen molar-refractivity contribution in [2.75, 3.05) is 13.1 Å². The second kappa shape index (κ2) is 5.64. The van der Waals surface area contributed by atoms with E-state index in [0.29, 0.717) is 0 Å². The van der Waals surface area contributed by atoms with E-state index in [1.807, 2.05) is 17.1 Å². The van der Waals surface area contributed by atoms with Gasteiger partial charge in [-0.1, -0.05) is 26.0 Å². The van der Waals surface area contributed by atoms with E-state index in [1.54, 1.807) is 6.20 Å². The van der Waals surface area contributed by atoms with Gasteiger partial charge in [0.05, 0.1) is 6.33 Å². The molecule has 1 aromatic heterocycles. The fourth-order valence-corrected chi connectivity index (χ4v) is 1.89. The number of nitrogens with zero attached hydrogens (tertiary/aromatic N) is 3. The molecule has 0 atom stereocenters. The SMILES string of the molecule is CCN(CC)Cc1ccc(-n2ccnc2)cc1. The highest BCUT2D eigenvalue weighted by atomic mass is 15.1. The lowest BCUT2D eigenvalue weighted by Gasteiger charge is -2.18. The van der Waals surface area contributed by atoms with Crippen LogP contribution >= 0.6 is 0 Å². The normalized spacial score (nSPS) is 11.0. The Kier molecular flexibility index (Phi) is 3.94. The van der Waals surface area contributed by atoms with Gasteiger partial charge in [-0.3, -0.25) is 4.90 Å². The quantitative estimate of drug-likeness (QED) is 0.786. The van der Waals surface area contributed by atoms with Crippen molar-refractivity contribution >= 4 is 0 Å². The lowest BCUT2D eigenvalue weighted by atomic mass is 10.2. The van der Waals surface area contributed by atoms with Crippen molar-refractivity contribution in [3.63, 3.8) is 0 Å². The molecule has 3 nitrogen and oxygen atoms in total. The van der Waals surface area contributed by atoms with Crippen molar-refractivity contribution in [3.8, 4) is 5.69 Å². The molecule has 0 spiro atoms. The van der Waals surface area contributed by atoms with Crippen molar-refractivity contribution in [3.05, 3.63) is 48.5 Å². The third kappa shape index (κ3) is 2.94. The monoisotopic (exact) mass is 229 g/mol. The molecule has 1 heterocycles. The van der Waals surface area contributed by atoms with Crippen molar-refractivity contribution in [1.29, 1.82) is 0 Å². The van der Waals surface area contributed by atoms with E-state index in [2.05, 4.69) is 48.0 Å². The predicted molar refractivity (Wildman–Crippen MR) is 70.2 cm³/mol. The molecular weight excluding hydrogens is 210 g/mol. The Morgan fingerprint density at radius 2 is 1.82 bits per heavy atom. The van der Waals surface area contributed by atoms with Crippen molar-refractivity contribution in [2.45, 2.75) is 20.4 Å². The van der Waals surface area contributed by atoms with Crippen LogP contribution in [0.25, 0.3) is 5.69 Å². The van der Waals surface area contributed by atoms with E-state index in [1.165, 1.54) is 5.56 Å². The van der Waals surface area contributed by atoms with Gasteiger partial charge >= 0.3 is 0 Å². The number of hydrogen-bond acceptors (Lipinski definition) is 2. The van der Waals surface area contributed by atoms with E-state index < -0.39 is 0 Å². The van der Waals surface area contributed by atoms with Gasteiger partial charge in [-0.05, 0) is 30.8 Å². The minimum atomic E-state index is 1.03. The first-order valence-electron chi connectivity index (χ1n) is 6.13. The summed E-state index contributed by atoms with van der Waals surface area (Å²) in [5.74, 6) is 0. The van der Waals surface area contributed by atoms with Gasteiger partial charge in [0, 0.05) is 24.6 Å². The molecule has 1 aromatic carbocycles. The van der Waals surface area contributed by atoms with Crippen LogP contribution in [0, 0.1) is 0 Å². The third-order valence-electron chi connectivity index (χ3n) is 3.04. The van der Waals surface area contributed by atoms with Crippen LogP contribution in [0.2, 0.25) is 0 Å². The van der Waals surface area contributed by atoms with Gasteiger partial charge < -0.3 is 4.57 Å². The predicted octanol–water partition coefficient (Wildman–Crippen LogP) is 2.71. The largest absolute Gasteiger partial charge is 0.306 e. The molecule has 0 N–H and O–H groups in total. The molecular formula is C14H19N3. The van der Waals surface area contributed by atoms with Gasteiger partial charge in [0.25, 0.3) is 0 Å². The first-order chi connectivity index (χ1) is 8.33. The molecule has 0 fully saturated rings. The third-order valence-corrected chi connectivity index (χ3v) is 3.04. The van der Waals surface area contributed by atoms with Gasteiger partial charge in [0.1, 0.15) is 0 Å². The summed E-state index contributed by atoms with van der Waals surface area (Å²) in [6, 6.07) is 8.66. The number of hydrogen-bond donors (Lipinski definition) is 0. The topological polar surface area (TPSA) is 21.1 Å². The number of aromatic nitrogens is 2. The Morgan fingerprint density at radius 1 is 1.12 bits per heavy atom. The van der Waals surface area contributed by atoms with Gasteiger partial charge in [-0.15, -0.1) is 0 Å². The van der Waals surface area contributed by atoms with E-state index in [0.717, 1.165) is 25.3 Å². The van der Waals surface area contributed by atoms with Crippen LogP contribution in [0.5, 0.6) is 0 Å². The molecule has 0 aliphatic rings. The summed E-state index contributed by atoms with van der Waals surface area (Å²) in [6.07, 6.45) is 5.57. The molecule has 0 unspecified atom stereocenters. The molecule has 0 aliphatic heterocycles. The maximum Gasteiger partial charge on any atom is 0.0991 e. The van der Waals surface area contributed by atoms with Crippen LogP contribution in [0.1, 0.15) is 19.4 Å². The fraction of sp³-hybridized carbons (Fsp3) is 0.357. The smallest absolute Gasteiger partial charge is 0.0991 e. The Hall–Kier alpha value is -1.61. The van der Waals surface area contributed by atoms with E-state index in [4.69, 9.17) is 0 Å². The number of benzene rings is 1. The lowest BCUT2D eigenvalue weighted by Crippen LogP contribution is -2.22. The van der Waals surface area contributed by atoms with Crippen LogP contribution in [0.3, 0.4) is 0 Å². The summed E-state index contributed by atoms with van der Waals surface area (Å²) in [6.45, 7) is 7.61. The van der Waals surface area contributed by atoms with E-state index in [-0.39, 0.29) is 0 Å². The van der Waals surface area contributed by atoms with Crippen LogP contribution in [-0.2, 0) is 6.54 Å². The molecule has 3 heteroatoms. The van der Waals surface area contributed by atoms with E-state index in [9.17, 15) is 0 Å². The number of rotatable bonds is 5. The number of imidazole rings is 1. The summed E-state index contributed by atoms with van der Waals surface area (Å²) in [5, 5.41) is 0. The summed E-state index contributed by atoms with van der Waals surface area (Å²) in [4.78, 5) is 6.46. The van der Waals surface area contributed by atoms with Crippen molar-refractivity contribution < 1.29 is 0 Å². The van der Waals surface area contributed by atoms with Crippen molar-refractivity contribution in [2.24, 2.45) is 0 Å². The Bertz CT molecular complexity index is 427. The summed E-state index contributed by atoms with van der Waals surface area (Å²) >= 11 is 0. The average molecular weight is 229 g/mol. The first kappa shape index (κ1) is 11.9. The maximum atomic E-state index is 4.05. The molecule has 90 valence electrons. The molecule has 2 aromatic rings. The first-order valence-corrected chi connectivity index (χ1v) is 6.13. The minimum absolute atomic E-state index is 1.03. The van der Waals surface area contributed by atoms with Gasteiger partial charge in [-0.25, -0.2) is 4.98 Å². The zero-order chi connectivity index (χ0) is 12.1. The average Bonchev–Trinajstić information content (AvgIpc) is 2.90. The van der Waals surface area contributed by atoms with Crippen LogP contribution in [0.4, 0.5) is 0 Å². The zero-order valence-electron chi connectivity index (χ0n) is 10.5.